The Morgan fingerprint density at radius 1 is 1.00 bits per heavy atom. The fraction of sp³-hybridized carbons (Fsp3) is 0.318. The highest BCUT2D eigenvalue weighted by molar-refractivity contribution is 6.08. The number of hydrogen-bond donors (Lipinski definition) is 0. The SMILES string of the molecule is CC(C(=O)N1CCN(c2ncccn2)CC1)n1c2ccccc2c2cnn(C)c(=O)c21. The monoisotopic (exact) mass is 417 g/mol. The Labute approximate surface area is 178 Å². The van der Waals surface area contributed by atoms with Crippen LogP contribution >= 0.6 is 0 Å². The summed E-state index contributed by atoms with van der Waals surface area (Å²) in [5.74, 6) is 0.677. The third-order valence-corrected chi connectivity index (χ3v) is 5.98. The Morgan fingerprint density at radius 2 is 1.71 bits per heavy atom. The molecule has 0 bridgehead atoms. The van der Waals surface area contributed by atoms with Crippen molar-refractivity contribution < 1.29 is 4.79 Å². The van der Waals surface area contributed by atoms with Gasteiger partial charge in [-0.2, -0.15) is 5.10 Å². The first-order valence-electron chi connectivity index (χ1n) is 10.3. The first-order chi connectivity index (χ1) is 15.1. The van der Waals surface area contributed by atoms with E-state index >= 15 is 0 Å². The fourth-order valence-electron chi connectivity index (χ4n) is 4.35. The van der Waals surface area contributed by atoms with Crippen LogP contribution in [-0.2, 0) is 11.8 Å². The molecule has 0 aliphatic carbocycles. The summed E-state index contributed by atoms with van der Waals surface area (Å²) in [6, 6.07) is 9.04. The molecule has 0 N–H and O–H groups in total. The Bertz CT molecular complexity index is 1320. The third kappa shape index (κ3) is 3.13. The maximum atomic E-state index is 13.5. The zero-order chi connectivity index (χ0) is 21.5. The summed E-state index contributed by atoms with van der Waals surface area (Å²) < 4.78 is 3.18. The molecular weight excluding hydrogens is 394 g/mol. The Kier molecular flexibility index (Phi) is 4.65. The summed E-state index contributed by atoms with van der Waals surface area (Å²) in [6.07, 6.45) is 5.14. The highest BCUT2D eigenvalue weighted by Gasteiger charge is 2.29. The van der Waals surface area contributed by atoms with Gasteiger partial charge in [0.2, 0.25) is 11.9 Å². The summed E-state index contributed by atoms with van der Waals surface area (Å²) in [7, 11) is 1.63. The zero-order valence-corrected chi connectivity index (χ0v) is 17.5. The Morgan fingerprint density at radius 3 is 2.45 bits per heavy atom. The number of nitrogens with zero attached hydrogens (tertiary/aromatic N) is 7. The van der Waals surface area contributed by atoms with Gasteiger partial charge in [-0.25, -0.2) is 14.6 Å². The average molecular weight is 417 g/mol. The van der Waals surface area contributed by atoms with Crippen molar-refractivity contribution in [3.8, 4) is 0 Å². The van der Waals surface area contributed by atoms with E-state index in [1.165, 1.54) is 4.68 Å². The molecule has 1 aliphatic heterocycles. The quantitative estimate of drug-likeness (QED) is 0.503. The molecule has 1 fully saturated rings. The summed E-state index contributed by atoms with van der Waals surface area (Å²) in [5.41, 5.74) is 1.16. The largest absolute Gasteiger partial charge is 0.337 e. The van der Waals surface area contributed by atoms with Crippen molar-refractivity contribution in [2.75, 3.05) is 31.1 Å². The van der Waals surface area contributed by atoms with Crippen LogP contribution < -0.4 is 10.5 Å². The molecule has 9 heteroatoms. The van der Waals surface area contributed by atoms with Crippen molar-refractivity contribution in [1.29, 1.82) is 0 Å². The van der Waals surface area contributed by atoms with Crippen LogP contribution in [0.15, 0.2) is 53.7 Å². The zero-order valence-electron chi connectivity index (χ0n) is 17.5. The van der Waals surface area contributed by atoms with Crippen LogP contribution in [-0.4, -0.2) is 61.3 Å². The smallest absolute Gasteiger partial charge is 0.291 e. The molecule has 4 aromatic rings. The van der Waals surface area contributed by atoms with Crippen LogP contribution in [0.2, 0.25) is 0 Å². The highest BCUT2D eigenvalue weighted by Crippen LogP contribution is 2.30. The number of fused-ring (bicyclic) bond motifs is 3. The van der Waals surface area contributed by atoms with E-state index in [1.807, 2.05) is 40.7 Å². The second-order valence-corrected chi connectivity index (χ2v) is 7.76. The number of anilines is 1. The Hall–Kier alpha value is -3.75. The van der Waals surface area contributed by atoms with E-state index in [1.54, 1.807) is 31.7 Å². The number of aryl methyl sites for hydroxylation is 1. The van der Waals surface area contributed by atoms with Gasteiger partial charge in [0, 0.05) is 56.4 Å². The van der Waals surface area contributed by atoms with E-state index in [0.29, 0.717) is 37.6 Å². The molecular formula is C22H23N7O2. The second kappa shape index (κ2) is 7.50. The molecule has 0 spiro atoms. The molecule has 1 amide bonds. The van der Waals surface area contributed by atoms with Crippen LogP contribution in [0.3, 0.4) is 0 Å². The number of carbonyl (C=O) groups excluding carboxylic acids is 1. The highest BCUT2D eigenvalue weighted by atomic mass is 16.2. The van der Waals surface area contributed by atoms with Gasteiger partial charge in [-0.05, 0) is 19.1 Å². The lowest BCUT2D eigenvalue weighted by atomic mass is 10.2. The van der Waals surface area contributed by atoms with Crippen LogP contribution in [0, 0.1) is 0 Å². The predicted octanol–water partition coefficient (Wildman–Crippen LogP) is 1.59. The molecule has 9 nitrogen and oxygen atoms in total. The summed E-state index contributed by atoms with van der Waals surface area (Å²) in [6.45, 7) is 4.36. The lowest BCUT2D eigenvalue weighted by Crippen LogP contribution is -2.50. The predicted molar refractivity (Wildman–Crippen MR) is 118 cm³/mol. The second-order valence-electron chi connectivity index (χ2n) is 7.76. The van der Waals surface area contributed by atoms with E-state index in [-0.39, 0.29) is 11.5 Å². The van der Waals surface area contributed by atoms with Crippen molar-refractivity contribution in [3.05, 3.63) is 59.3 Å². The number of aromatic nitrogens is 5. The number of amides is 1. The maximum Gasteiger partial charge on any atom is 0.291 e. The van der Waals surface area contributed by atoms with E-state index in [9.17, 15) is 9.59 Å². The number of rotatable bonds is 3. The summed E-state index contributed by atoms with van der Waals surface area (Å²) in [5, 5.41) is 5.87. The van der Waals surface area contributed by atoms with Crippen molar-refractivity contribution in [1.82, 2.24) is 29.2 Å². The molecule has 5 rings (SSSR count). The van der Waals surface area contributed by atoms with Gasteiger partial charge in [-0.3, -0.25) is 9.59 Å². The van der Waals surface area contributed by atoms with Gasteiger partial charge in [0.15, 0.2) is 0 Å². The number of para-hydroxylation sites is 1. The molecule has 158 valence electrons. The van der Waals surface area contributed by atoms with Gasteiger partial charge >= 0.3 is 0 Å². The van der Waals surface area contributed by atoms with E-state index in [0.717, 1.165) is 16.3 Å². The first-order valence-corrected chi connectivity index (χ1v) is 10.3. The standard InChI is InChI=1S/C22H23N7O2/c1-15(20(30)27-10-12-28(13-11-27)22-23-8-5-9-24-22)29-18-7-4-3-6-16(18)17-14-25-26(2)21(31)19(17)29/h3-9,14-15H,10-13H2,1-2H3. The number of hydrogen-bond acceptors (Lipinski definition) is 6. The van der Waals surface area contributed by atoms with Crippen molar-refractivity contribution in [2.24, 2.45) is 7.05 Å². The molecule has 0 radical (unpaired) electrons. The van der Waals surface area contributed by atoms with E-state index in [4.69, 9.17) is 0 Å². The lowest BCUT2D eigenvalue weighted by molar-refractivity contribution is -0.134. The van der Waals surface area contributed by atoms with E-state index < -0.39 is 6.04 Å². The van der Waals surface area contributed by atoms with Crippen LogP contribution in [0.1, 0.15) is 13.0 Å². The normalized spacial score (nSPS) is 15.5. The number of benzene rings is 1. The Balaban J connectivity index is 1.48. The lowest BCUT2D eigenvalue weighted by Gasteiger charge is -2.36. The minimum atomic E-state index is -0.517. The van der Waals surface area contributed by atoms with Crippen LogP contribution in [0.25, 0.3) is 21.8 Å². The van der Waals surface area contributed by atoms with Crippen LogP contribution in [0.5, 0.6) is 0 Å². The molecule has 3 aromatic heterocycles. The van der Waals surface area contributed by atoms with Gasteiger partial charge in [-0.15, -0.1) is 0 Å². The molecule has 0 saturated carbocycles. The van der Waals surface area contributed by atoms with Gasteiger partial charge in [0.05, 0.1) is 11.7 Å². The van der Waals surface area contributed by atoms with Gasteiger partial charge in [0.1, 0.15) is 11.6 Å². The molecule has 1 aromatic carbocycles. The molecule has 1 unspecified atom stereocenters. The minimum absolute atomic E-state index is 0.00449. The van der Waals surface area contributed by atoms with Crippen molar-refractivity contribution in [2.45, 2.75) is 13.0 Å². The molecule has 1 aliphatic rings. The average Bonchev–Trinajstić information content (AvgIpc) is 3.16. The van der Waals surface area contributed by atoms with Crippen molar-refractivity contribution >= 4 is 33.7 Å². The fourth-order valence-corrected chi connectivity index (χ4v) is 4.35. The van der Waals surface area contributed by atoms with Gasteiger partial charge in [-0.1, -0.05) is 18.2 Å². The molecule has 4 heterocycles. The van der Waals surface area contributed by atoms with Crippen LogP contribution in [0.4, 0.5) is 5.95 Å². The third-order valence-electron chi connectivity index (χ3n) is 5.98. The molecule has 31 heavy (non-hydrogen) atoms. The minimum Gasteiger partial charge on any atom is -0.337 e. The maximum absolute atomic E-state index is 13.5. The van der Waals surface area contributed by atoms with Gasteiger partial charge < -0.3 is 14.4 Å². The van der Waals surface area contributed by atoms with Gasteiger partial charge in [0.25, 0.3) is 5.56 Å². The first kappa shape index (κ1) is 19.2. The van der Waals surface area contributed by atoms with E-state index in [2.05, 4.69) is 20.0 Å². The number of piperazine rings is 1. The number of carbonyl (C=O) groups is 1. The van der Waals surface area contributed by atoms with Crippen molar-refractivity contribution in [3.63, 3.8) is 0 Å². The summed E-state index contributed by atoms with van der Waals surface area (Å²) >= 11 is 0. The summed E-state index contributed by atoms with van der Waals surface area (Å²) in [4.78, 5) is 38.9. The molecule has 1 saturated heterocycles. The topological polar surface area (TPSA) is 89.2 Å². The molecule has 1 atom stereocenters.